The average Bonchev–Trinajstić information content (AvgIpc) is 2.67. The Kier molecular flexibility index (Phi) is 5.94. The Hall–Kier alpha value is -2.76. The van der Waals surface area contributed by atoms with Crippen LogP contribution in [0.2, 0.25) is 0 Å². The van der Waals surface area contributed by atoms with E-state index in [9.17, 15) is 9.59 Å². The molecule has 6 heteroatoms. The third-order valence-electron chi connectivity index (χ3n) is 4.85. The number of nitrogens with one attached hydrogen (secondary N) is 1. The van der Waals surface area contributed by atoms with Crippen molar-refractivity contribution in [2.24, 2.45) is 5.92 Å². The van der Waals surface area contributed by atoms with Crippen molar-refractivity contribution in [1.29, 1.82) is 0 Å². The number of pyridine rings is 2. The molecule has 1 fully saturated rings. The number of nitrogens with zero attached hydrogens (tertiary/aromatic N) is 3. The first-order valence-electron chi connectivity index (χ1n) is 9.00. The Morgan fingerprint density at radius 1 is 1.15 bits per heavy atom. The van der Waals surface area contributed by atoms with Crippen molar-refractivity contribution in [3.8, 4) is 0 Å². The highest BCUT2D eigenvalue weighted by atomic mass is 16.2. The van der Waals surface area contributed by atoms with Gasteiger partial charge in [-0.2, -0.15) is 0 Å². The van der Waals surface area contributed by atoms with Crippen LogP contribution in [0.15, 0.2) is 42.9 Å². The molecule has 136 valence electrons. The number of rotatable bonds is 5. The molecule has 6 nitrogen and oxygen atoms in total. The van der Waals surface area contributed by atoms with Gasteiger partial charge in [0.15, 0.2) is 0 Å². The van der Waals surface area contributed by atoms with Gasteiger partial charge in [0, 0.05) is 38.2 Å². The van der Waals surface area contributed by atoms with Gasteiger partial charge in [-0.15, -0.1) is 0 Å². The van der Waals surface area contributed by atoms with E-state index in [4.69, 9.17) is 0 Å². The van der Waals surface area contributed by atoms with Crippen LogP contribution in [0.5, 0.6) is 0 Å². The number of aromatic nitrogens is 2. The van der Waals surface area contributed by atoms with Crippen LogP contribution in [0.4, 0.5) is 0 Å². The molecule has 0 saturated carbocycles. The summed E-state index contributed by atoms with van der Waals surface area (Å²) in [4.78, 5) is 34.7. The SMILES string of the molecule is Cc1cccnc1C(=O)NCC1CCN(C(=O)Cc2ccncc2)CC1. The molecule has 0 radical (unpaired) electrons. The lowest BCUT2D eigenvalue weighted by Gasteiger charge is -2.32. The van der Waals surface area contributed by atoms with E-state index in [0.717, 1.165) is 37.1 Å². The van der Waals surface area contributed by atoms with Gasteiger partial charge in [0.05, 0.1) is 6.42 Å². The lowest BCUT2D eigenvalue weighted by Crippen LogP contribution is -2.42. The minimum absolute atomic E-state index is 0.126. The highest BCUT2D eigenvalue weighted by molar-refractivity contribution is 5.93. The lowest BCUT2D eigenvalue weighted by molar-refractivity contribution is -0.131. The largest absolute Gasteiger partial charge is 0.350 e. The van der Waals surface area contributed by atoms with E-state index in [1.54, 1.807) is 18.6 Å². The van der Waals surface area contributed by atoms with Crippen LogP contribution in [-0.4, -0.2) is 46.3 Å². The fourth-order valence-electron chi connectivity index (χ4n) is 3.22. The maximum absolute atomic E-state index is 12.4. The number of carbonyl (C=O) groups excluding carboxylic acids is 2. The second-order valence-electron chi connectivity index (χ2n) is 6.74. The average molecular weight is 352 g/mol. The van der Waals surface area contributed by atoms with Crippen LogP contribution >= 0.6 is 0 Å². The summed E-state index contributed by atoms with van der Waals surface area (Å²) in [5, 5.41) is 2.98. The summed E-state index contributed by atoms with van der Waals surface area (Å²) in [5.74, 6) is 0.426. The topological polar surface area (TPSA) is 75.2 Å². The Bertz CT molecular complexity index is 755. The zero-order valence-corrected chi connectivity index (χ0v) is 15.0. The van der Waals surface area contributed by atoms with Crippen LogP contribution < -0.4 is 5.32 Å². The predicted molar refractivity (Wildman–Crippen MR) is 98.6 cm³/mol. The number of likely N-dealkylation sites (tertiary alicyclic amines) is 1. The van der Waals surface area contributed by atoms with Crippen molar-refractivity contribution in [2.75, 3.05) is 19.6 Å². The third-order valence-corrected chi connectivity index (χ3v) is 4.85. The quantitative estimate of drug-likeness (QED) is 0.893. The Balaban J connectivity index is 1.43. The second-order valence-corrected chi connectivity index (χ2v) is 6.74. The van der Waals surface area contributed by atoms with Crippen molar-refractivity contribution in [3.63, 3.8) is 0 Å². The van der Waals surface area contributed by atoms with Gasteiger partial charge in [0.2, 0.25) is 5.91 Å². The molecule has 3 heterocycles. The summed E-state index contributed by atoms with van der Waals surface area (Å²) in [6, 6.07) is 7.46. The molecule has 1 saturated heterocycles. The van der Waals surface area contributed by atoms with E-state index < -0.39 is 0 Å². The molecule has 1 N–H and O–H groups in total. The molecule has 0 unspecified atom stereocenters. The van der Waals surface area contributed by atoms with Gasteiger partial charge in [-0.1, -0.05) is 6.07 Å². The van der Waals surface area contributed by atoms with Gasteiger partial charge in [-0.25, -0.2) is 0 Å². The second kappa shape index (κ2) is 8.56. The van der Waals surface area contributed by atoms with Crippen molar-refractivity contribution < 1.29 is 9.59 Å². The molecule has 0 aliphatic carbocycles. The van der Waals surface area contributed by atoms with Crippen molar-refractivity contribution in [1.82, 2.24) is 20.2 Å². The summed E-state index contributed by atoms with van der Waals surface area (Å²) in [6.45, 7) is 4.00. The molecular weight excluding hydrogens is 328 g/mol. The molecule has 2 amide bonds. The van der Waals surface area contributed by atoms with Gasteiger partial charge in [0.1, 0.15) is 5.69 Å². The number of carbonyl (C=O) groups is 2. The fourth-order valence-corrected chi connectivity index (χ4v) is 3.22. The number of hydrogen-bond acceptors (Lipinski definition) is 4. The van der Waals surface area contributed by atoms with Crippen LogP contribution in [0.1, 0.15) is 34.5 Å². The summed E-state index contributed by atoms with van der Waals surface area (Å²) in [7, 11) is 0. The van der Waals surface area contributed by atoms with E-state index in [1.807, 2.05) is 36.1 Å². The normalized spacial score (nSPS) is 14.9. The predicted octanol–water partition coefficient (Wildman–Crippen LogP) is 2.00. The Morgan fingerprint density at radius 2 is 1.88 bits per heavy atom. The van der Waals surface area contributed by atoms with Crippen LogP contribution in [-0.2, 0) is 11.2 Å². The smallest absolute Gasteiger partial charge is 0.270 e. The zero-order valence-electron chi connectivity index (χ0n) is 15.0. The van der Waals surface area contributed by atoms with E-state index in [0.29, 0.717) is 24.6 Å². The Morgan fingerprint density at radius 3 is 2.58 bits per heavy atom. The van der Waals surface area contributed by atoms with Gasteiger partial charge < -0.3 is 10.2 Å². The number of aryl methyl sites for hydroxylation is 1. The summed E-state index contributed by atoms with van der Waals surface area (Å²) in [6.07, 6.45) is 7.28. The lowest BCUT2D eigenvalue weighted by atomic mass is 9.96. The first-order chi connectivity index (χ1) is 12.6. The van der Waals surface area contributed by atoms with Gasteiger partial charge in [-0.05, 0) is 55.0 Å². The van der Waals surface area contributed by atoms with E-state index >= 15 is 0 Å². The molecule has 0 aromatic carbocycles. The van der Waals surface area contributed by atoms with Crippen LogP contribution in [0.25, 0.3) is 0 Å². The van der Waals surface area contributed by atoms with Crippen LogP contribution in [0, 0.1) is 12.8 Å². The molecule has 0 spiro atoms. The molecule has 0 bridgehead atoms. The minimum Gasteiger partial charge on any atom is -0.350 e. The molecule has 1 aliphatic rings. The highest BCUT2D eigenvalue weighted by Gasteiger charge is 2.23. The Labute approximate surface area is 153 Å². The first kappa shape index (κ1) is 18.0. The first-order valence-corrected chi connectivity index (χ1v) is 9.00. The number of amides is 2. The third kappa shape index (κ3) is 4.65. The highest BCUT2D eigenvalue weighted by Crippen LogP contribution is 2.17. The van der Waals surface area contributed by atoms with E-state index in [-0.39, 0.29) is 11.8 Å². The molecule has 26 heavy (non-hydrogen) atoms. The molecule has 2 aromatic heterocycles. The zero-order chi connectivity index (χ0) is 18.4. The minimum atomic E-state index is -0.126. The maximum atomic E-state index is 12.4. The number of hydrogen-bond donors (Lipinski definition) is 1. The van der Waals surface area contributed by atoms with Crippen molar-refractivity contribution in [2.45, 2.75) is 26.2 Å². The van der Waals surface area contributed by atoms with Crippen molar-refractivity contribution >= 4 is 11.8 Å². The summed E-state index contributed by atoms with van der Waals surface area (Å²) < 4.78 is 0. The molecule has 3 rings (SSSR count). The van der Waals surface area contributed by atoms with Gasteiger partial charge in [-0.3, -0.25) is 19.6 Å². The molecule has 0 atom stereocenters. The van der Waals surface area contributed by atoms with Crippen molar-refractivity contribution in [3.05, 3.63) is 59.7 Å². The van der Waals surface area contributed by atoms with E-state index in [2.05, 4.69) is 15.3 Å². The molecular formula is C20H24N4O2. The maximum Gasteiger partial charge on any atom is 0.270 e. The van der Waals surface area contributed by atoms with Crippen LogP contribution in [0.3, 0.4) is 0 Å². The monoisotopic (exact) mass is 352 g/mol. The fraction of sp³-hybridized carbons (Fsp3) is 0.400. The van der Waals surface area contributed by atoms with E-state index in [1.165, 1.54) is 0 Å². The number of piperidine rings is 1. The molecule has 1 aliphatic heterocycles. The summed E-state index contributed by atoms with van der Waals surface area (Å²) in [5.41, 5.74) is 2.35. The van der Waals surface area contributed by atoms with Gasteiger partial charge in [0.25, 0.3) is 5.91 Å². The van der Waals surface area contributed by atoms with Gasteiger partial charge >= 0.3 is 0 Å². The molecule has 2 aromatic rings. The summed E-state index contributed by atoms with van der Waals surface area (Å²) >= 11 is 0. The standard InChI is InChI=1S/C20H24N4O2/c1-15-3-2-8-22-19(15)20(26)23-14-17-6-11-24(12-7-17)18(25)13-16-4-9-21-10-5-16/h2-5,8-10,17H,6-7,11-14H2,1H3,(H,23,26).